The lowest BCUT2D eigenvalue weighted by Crippen LogP contribution is -2.33. The molecule has 104 valence electrons. The van der Waals surface area contributed by atoms with Crippen LogP contribution in [-0.2, 0) is 16.6 Å². The summed E-state index contributed by atoms with van der Waals surface area (Å²) in [6, 6.07) is 0.312. The maximum atomic E-state index is 10.7. The number of hydrogen-bond acceptors (Lipinski definition) is 4. The van der Waals surface area contributed by atoms with E-state index in [1.807, 2.05) is 21.0 Å². The molecule has 1 fully saturated rings. The Morgan fingerprint density at radius 2 is 2.37 bits per heavy atom. The summed E-state index contributed by atoms with van der Waals surface area (Å²) >= 11 is 0. The van der Waals surface area contributed by atoms with Gasteiger partial charge in [-0.25, -0.2) is 4.79 Å². The molecule has 0 amide bonds. The van der Waals surface area contributed by atoms with Gasteiger partial charge in [0.2, 0.25) is 0 Å². The van der Waals surface area contributed by atoms with Crippen LogP contribution in [0.4, 0.5) is 5.82 Å². The molecule has 1 aromatic rings. The molecule has 0 spiro atoms. The number of hydrogen-bond donors (Lipinski definition) is 1. The molecule has 0 bridgehead atoms. The largest absolute Gasteiger partial charge is 0.478 e. The molecule has 0 aliphatic carbocycles. The van der Waals surface area contributed by atoms with Crippen LogP contribution in [0.1, 0.15) is 17.7 Å². The van der Waals surface area contributed by atoms with Crippen LogP contribution < -0.4 is 4.90 Å². The minimum Gasteiger partial charge on any atom is -0.478 e. The number of anilines is 1. The van der Waals surface area contributed by atoms with E-state index < -0.39 is 5.97 Å². The van der Waals surface area contributed by atoms with E-state index >= 15 is 0 Å². The first-order valence-electron chi connectivity index (χ1n) is 6.26. The van der Waals surface area contributed by atoms with Gasteiger partial charge >= 0.3 is 5.97 Å². The Morgan fingerprint density at radius 1 is 1.63 bits per heavy atom. The molecule has 1 unspecified atom stereocenters. The van der Waals surface area contributed by atoms with Gasteiger partial charge < -0.3 is 14.7 Å². The van der Waals surface area contributed by atoms with Crippen LogP contribution in [0.2, 0.25) is 0 Å². The number of rotatable bonds is 4. The lowest BCUT2D eigenvalue weighted by Gasteiger charge is -2.26. The molecule has 19 heavy (non-hydrogen) atoms. The van der Waals surface area contributed by atoms with Crippen LogP contribution in [0.15, 0.2) is 6.08 Å². The van der Waals surface area contributed by atoms with Crippen LogP contribution in [0, 0.1) is 6.92 Å². The number of aromatic nitrogens is 2. The molecule has 2 rings (SSSR count). The highest BCUT2D eigenvalue weighted by Crippen LogP contribution is 2.27. The van der Waals surface area contributed by atoms with Gasteiger partial charge in [0.05, 0.1) is 18.3 Å². The van der Waals surface area contributed by atoms with Gasteiger partial charge in [0.25, 0.3) is 0 Å². The Kier molecular flexibility index (Phi) is 3.90. The van der Waals surface area contributed by atoms with Crippen molar-refractivity contribution in [3.8, 4) is 0 Å². The zero-order chi connectivity index (χ0) is 14.0. The van der Waals surface area contributed by atoms with Crippen molar-refractivity contribution in [3.05, 3.63) is 17.3 Å². The maximum Gasteiger partial charge on any atom is 0.328 e. The molecule has 1 N–H and O–H groups in total. The highest BCUT2D eigenvalue weighted by Gasteiger charge is 2.25. The molecule has 6 nitrogen and oxygen atoms in total. The first kappa shape index (κ1) is 13.6. The van der Waals surface area contributed by atoms with Gasteiger partial charge in [-0.3, -0.25) is 4.68 Å². The average Bonchev–Trinajstić information content (AvgIpc) is 2.94. The number of aryl methyl sites for hydroxylation is 2. The highest BCUT2D eigenvalue weighted by atomic mass is 16.5. The summed E-state index contributed by atoms with van der Waals surface area (Å²) in [4.78, 5) is 12.8. The average molecular weight is 265 g/mol. The van der Waals surface area contributed by atoms with Gasteiger partial charge in [-0.15, -0.1) is 0 Å². The second-order valence-corrected chi connectivity index (χ2v) is 4.75. The number of likely N-dealkylation sites (N-methyl/N-ethyl adjacent to an activating group) is 1. The zero-order valence-electron chi connectivity index (χ0n) is 11.5. The van der Waals surface area contributed by atoms with Gasteiger partial charge in [0, 0.05) is 32.3 Å². The molecule has 1 saturated heterocycles. The van der Waals surface area contributed by atoms with Crippen molar-refractivity contribution >= 4 is 17.9 Å². The van der Waals surface area contributed by atoms with Crippen LogP contribution in [0.5, 0.6) is 0 Å². The Hall–Kier alpha value is -1.82. The minimum absolute atomic E-state index is 0.312. The number of carbonyl (C=O) groups is 1. The van der Waals surface area contributed by atoms with Crippen molar-refractivity contribution in [3.63, 3.8) is 0 Å². The van der Waals surface area contributed by atoms with E-state index in [9.17, 15) is 4.79 Å². The van der Waals surface area contributed by atoms with Crippen molar-refractivity contribution in [1.82, 2.24) is 9.78 Å². The Labute approximate surface area is 112 Å². The van der Waals surface area contributed by atoms with Crippen LogP contribution in [0.25, 0.3) is 6.08 Å². The lowest BCUT2D eigenvalue weighted by atomic mass is 10.1. The molecule has 0 aromatic carbocycles. The summed E-state index contributed by atoms with van der Waals surface area (Å²) < 4.78 is 7.19. The third-order valence-electron chi connectivity index (χ3n) is 3.42. The van der Waals surface area contributed by atoms with Crippen molar-refractivity contribution in [1.29, 1.82) is 0 Å². The van der Waals surface area contributed by atoms with E-state index in [1.54, 1.807) is 10.8 Å². The number of aliphatic carboxylic acids is 1. The second kappa shape index (κ2) is 5.44. The third-order valence-corrected chi connectivity index (χ3v) is 3.42. The molecule has 1 atom stereocenters. The summed E-state index contributed by atoms with van der Waals surface area (Å²) in [5.41, 5.74) is 1.67. The molecule has 1 aliphatic rings. The van der Waals surface area contributed by atoms with Crippen LogP contribution in [0.3, 0.4) is 0 Å². The van der Waals surface area contributed by atoms with Crippen molar-refractivity contribution < 1.29 is 14.6 Å². The Balaban J connectivity index is 2.35. The number of carboxylic acid groups (broad SMARTS) is 1. The number of nitrogens with zero attached hydrogens (tertiary/aromatic N) is 3. The first-order valence-corrected chi connectivity index (χ1v) is 6.26. The molecule has 0 saturated carbocycles. The summed E-state index contributed by atoms with van der Waals surface area (Å²) in [6.45, 7) is 3.35. The molecule has 1 aromatic heterocycles. The van der Waals surface area contributed by atoms with Crippen LogP contribution in [-0.4, -0.2) is 47.2 Å². The molecule has 2 heterocycles. The zero-order valence-corrected chi connectivity index (χ0v) is 11.5. The Bertz CT molecular complexity index is 501. The molecule has 1 aliphatic heterocycles. The minimum atomic E-state index is -0.957. The first-order chi connectivity index (χ1) is 9.00. The normalized spacial score (nSPS) is 19.2. The van der Waals surface area contributed by atoms with Crippen molar-refractivity contribution in [2.75, 3.05) is 25.2 Å². The summed E-state index contributed by atoms with van der Waals surface area (Å²) in [6.07, 6.45) is 3.72. The molecular formula is C13H19N3O3. The summed E-state index contributed by atoms with van der Waals surface area (Å²) in [5.74, 6) is -0.0356. The number of ether oxygens (including phenoxy) is 1. The summed E-state index contributed by atoms with van der Waals surface area (Å²) in [7, 11) is 3.86. The van der Waals surface area contributed by atoms with E-state index in [1.165, 1.54) is 0 Å². The monoisotopic (exact) mass is 265 g/mol. The van der Waals surface area contributed by atoms with Gasteiger partial charge in [0.15, 0.2) is 0 Å². The lowest BCUT2D eigenvalue weighted by molar-refractivity contribution is -0.131. The fourth-order valence-electron chi connectivity index (χ4n) is 2.43. The Morgan fingerprint density at radius 3 is 2.95 bits per heavy atom. The number of carboxylic acids is 1. The molecular weight excluding hydrogens is 246 g/mol. The van der Waals surface area contributed by atoms with Gasteiger partial charge in [-0.05, 0) is 19.4 Å². The predicted octanol–water partition coefficient (Wildman–Crippen LogP) is 1.05. The third kappa shape index (κ3) is 2.78. The molecule has 0 radical (unpaired) electrons. The fraction of sp³-hybridized carbons (Fsp3) is 0.538. The predicted molar refractivity (Wildman–Crippen MR) is 72.2 cm³/mol. The van der Waals surface area contributed by atoms with Gasteiger partial charge in [-0.2, -0.15) is 5.10 Å². The SMILES string of the molecule is Cc1nn(C)c(N(C)C2CCOC2)c1/C=C/C(=O)O. The van der Waals surface area contributed by atoms with E-state index in [4.69, 9.17) is 9.84 Å². The smallest absolute Gasteiger partial charge is 0.328 e. The van der Waals surface area contributed by atoms with E-state index in [2.05, 4.69) is 10.00 Å². The quantitative estimate of drug-likeness (QED) is 0.824. The second-order valence-electron chi connectivity index (χ2n) is 4.75. The van der Waals surface area contributed by atoms with Gasteiger partial charge in [0.1, 0.15) is 5.82 Å². The van der Waals surface area contributed by atoms with E-state index in [0.29, 0.717) is 12.6 Å². The van der Waals surface area contributed by atoms with Crippen molar-refractivity contribution in [2.24, 2.45) is 7.05 Å². The van der Waals surface area contributed by atoms with Crippen molar-refractivity contribution in [2.45, 2.75) is 19.4 Å². The fourth-order valence-corrected chi connectivity index (χ4v) is 2.43. The van der Waals surface area contributed by atoms with E-state index in [0.717, 1.165) is 36.2 Å². The highest BCUT2D eigenvalue weighted by molar-refractivity contribution is 5.87. The summed E-state index contributed by atoms with van der Waals surface area (Å²) in [5, 5.41) is 13.1. The van der Waals surface area contributed by atoms with Gasteiger partial charge in [-0.1, -0.05) is 0 Å². The molecule has 6 heteroatoms. The van der Waals surface area contributed by atoms with Crippen LogP contribution >= 0.6 is 0 Å². The topological polar surface area (TPSA) is 67.6 Å². The maximum absolute atomic E-state index is 10.7. The van der Waals surface area contributed by atoms with E-state index in [-0.39, 0.29) is 0 Å². The standard InChI is InChI=1S/C13H19N3O3/c1-9-11(4-5-12(17)18)13(16(3)14-9)15(2)10-6-7-19-8-10/h4-5,10H,6-8H2,1-3H3,(H,17,18)/b5-4+.